The normalized spacial score (nSPS) is 14.7. The first-order valence-corrected chi connectivity index (χ1v) is 5.45. The second-order valence-electron chi connectivity index (χ2n) is 3.93. The van der Waals surface area contributed by atoms with Crippen LogP contribution in [0, 0.1) is 0 Å². The van der Waals surface area contributed by atoms with Gasteiger partial charge >= 0.3 is 6.61 Å². The summed E-state index contributed by atoms with van der Waals surface area (Å²) >= 11 is 0. The molecular formula is C12H17F2NO2. The fourth-order valence-electron chi connectivity index (χ4n) is 1.40. The van der Waals surface area contributed by atoms with Crippen molar-refractivity contribution in [3.8, 4) is 5.75 Å². The van der Waals surface area contributed by atoms with E-state index in [1.807, 2.05) is 6.92 Å². The molecule has 0 aliphatic carbocycles. The van der Waals surface area contributed by atoms with Crippen LogP contribution in [0.15, 0.2) is 24.3 Å². The summed E-state index contributed by atoms with van der Waals surface area (Å²) in [6.45, 7) is 1.31. The molecule has 0 saturated heterocycles. The molecule has 1 rings (SSSR count). The minimum atomic E-state index is -2.80. The molecule has 1 aromatic carbocycles. The number of alkyl halides is 2. The van der Waals surface area contributed by atoms with Crippen molar-refractivity contribution >= 4 is 0 Å². The highest BCUT2D eigenvalue weighted by molar-refractivity contribution is 5.28. The molecule has 96 valence electrons. The molecule has 0 saturated carbocycles. The zero-order valence-corrected chi connectivity index (χ0v) is 9.86. The van der Waals surface area contributed by atoms with E-state index in [1.54, 1.807) is 19.1 Å². The number of aliphatic hydroxyl groups excluding tert-OH is 1. The Labute approximate surface area is 99.4 Å². The summed E-state index contributed by atoms with van der Waals surface area (Å²) in [5, 5.41) is 12.2. The van der Waals surface area contributed by atoms with E-state index in [0.717, 1.165) is 5.56 Å². The summed E-state index contributed by atoms with van der Waals surface area (Å²) < 4.78 is 28.1. The second kappa shape index (κ2) is 6.51. The minimum Gasteiger partial charge on any atom is -0.435 e. The van der Waals surface area contributed by atoms with Gasteiger partial charge in [-0.3, -0.25) is 0 Å². The van der Waals surface area contributed by atoms with Crippen molar-refractivity contribution in [2.24, 2.45) is 0 Å². The Balaban J connectivity index is 2.54. The molecule has 1 aromatic rings. The lowest BCUT2D eigenvalue weighted by Crippen LogP contribution is -2.27. The third-order valence-corrected chi connectivity index (χ3v) is 2.32. The van der Waals surface area contributed by atoms with E-state index in [4.69, 9.17) is 5.11 Å². The van der Waals surface area contributed by atoms with Crippen molar-refractivity contribution in [3.05, 3.63) is 29.8 Å². The zero-order valence-electron chi connectivity index (χ0n) is 9.86. The van der Waals surface area contributed by atoms with Gasteiger partial charge in [0.25, 0.3) is 0 Å². The van der Waals surface area contributed by atoms with Gasteiger partial charge in [0.1, 0.15) is 5.75 Å². The smallest absolute Gasteiger partial charge is 0.387 e. The summed E-state index contributed by atoms with van der Waals surface area (Å²) in [5.41, 5.74) is 0.951. The Morgan fingerprint density at radius 1 is 1.24 bits per heavy atom. The van der Waals surface area contributed by atoms with Crippen LogP contribution in [0.2, 0.25) is 0 Å². The lowest BCUT2D eigenvalue weighted by Gasteiger charge is -2.16. The maximum absolute atomic E-state index is 11.9. The van der Waals surface area contributed by atoms with Crippen molar-refractivity contribution in [1.82, 2.24) is 5.32 Å². The number of aliphatic hydroxyl groups is 1. The molecule has 0 amide bonds. The van der Waals surface area contributed by atoms with Crippen molar-refractivity contribution < 1.29 is 18.6 Å². The summed E-state index contributed by atoms with van der Waals surface area (Å²) in [4.78, 5) is 0. The molecule has 17 heavy (non-hydrogen) atoms. The molecule has 2 N–H and O–H groups in total. The molecule has 0 spiro atoms. The second-order valence-corrected chi connectivity index (χ2v) is 3.93. The van der Waals surface area contributed by atoms with E-state index in [1.165, 1.54) is 12.1 Å². The number of benzene rings is 1. The Bertz CT molecular complexity index is 328. The molecule has 2 unspecified atom stereocenters. The van der Waals surface area contributed by atoms with E-state index >= 15 is 0 Å². The fourth-order valence-corrected chi connectivity index (χ4v) is 1.40. The monoisotopic (exact) mass is 245 g/mol. The molecule has 0 heterocycles. The molecule has 0 aliphatic heterocycles. The number of rotatable bonds is 6. The van der Waals surface area contributed by atoms with Gasteiger partial charge in [0, 0.05) is 12.6 Å². The van der Waals surface area contributed by atoms with Crippen LogP contribution in [0.3, 0.4) is 0 Å². The molecule has 3 nitrogen and oxygen atoms in total. The average Bonchev–Trinajstić information content (AvgIpc) is 2.26. The number of nitrogens with one attached hydrogen (secondary N) is 1. The largest absolute Gasteiger partial charge is 0.435 e. The number of hydrogen-bond acceptors (Lipinski definition) is 3. The predicted molar refractivity (Wildman–Crippen MR) is 61.2 cm³/mol. The fraction of sp³-hybridized carbons (Fsp3) is 0.500. The standard InChI is InChI=1S/C12H17F2NO2/c1-8(16)7-15-9(2)10-3-5-11(6-4-10)17-12(13)14/h3-6,8-9,12,15-16H,7H2,1-2H3. The van der Waals surface area contributed by atoms with Crippen LogP contribution in [0.1, 0.15) is 25.5 Å². The molecule has 0 aromatic heterocycles. The minimum absolute atomic E-state index is 0.0465. The number of halogens is 2. The summed E-state index contributed by atoms with van der Waals surface area (Å²) in [6.07, 6.45) is -0.418. The molecule has 2 atom stereocenters. The van der Waals surface area contributed by atoms with Gasteiger partial charge in [-0.05, 0) is 31.5 Å². The van der Waals surface area contributed by atoms with E-state index in [-0.39, 0.29) is 11.8 Å². The van der Waals surface area contributed by atoms with E-state index in [2.05, 4.69) is 10.1 Å². The lowest BCUT2D eigenvalue weighted by molar-refractivity contribution is -0.0498. The number of ether oxygens (including phenoxy) is 1. The van der Waals surface area contributed by atoms with Crippen LogP contribution >= 0.6 is 0 Å². The molecule has 5 heteroatoms. The van der Waals surface area contributed by atoms with Gasteiger partial charge in [-0.15, -0.1) is 0 Å². The molecule has 0 bridgehead atoms. The van der Waals surface area contributed by atoms with Crippen molar-refractivity contribution in [3.63, 3.8) is 0 Å². The van der Waals surface area contributed by atoms with Crippen LogP contribution < -0.4 is 10.1 Å². The van der Waals surface area contributed by atoms with Gasteiger partial charge < -0.3 is 15.2 Å². The van der Waals surface area contributed by atoms with E-state index in [0.29, 0.717) is 6.54 Å². The molecule has 0 radical (unpaired) electrons. The van der Waals surface area contributed by atoms with Crippen LogP contribution in [-0.2, 0) is 0 Å². The highest BCUT2D eigenvalue weighted by Gasteiger charge is 2.08. The topological polar surface area (TPSA) is 41.5 Å². The lowest BCUT2D eigenvalue weighted by atomic mass is 10.1. The third-order valence-electron chi connectivity index (χ3n) is 2.32. The van der Waals surface area contributed by atoms with Gasteiger partial charge in [-0.2, -0.15) is 8.78 Å². The van der Waals surface area contributed by atoms with Crippen molar-refractivity contribution in [2.75, 3.05) is 6.54 Å². The summed E-state index contributed by atoms with van der Waals surface area (Å²) in [7, 11) is 0. The zero-order chi connectivity index (χ0) is 12.8. The molecule has 0 fully saturated rings. The highest BCUT2D eigenvalue weighted by Crippen LogP contribution is 2.18. The summed E-state index contributed by atoms with van der Waals surface area (Å²) in [5.74, 6) is 0.145. The Hall–Kier alpha value is -1.20. The van der Waals surface area contributed by atoms with Crippen LogP contribution in [0.4, 0.5) is 8.78 Å². The average molecular weight is 245 g/mol. The Morgan fingerprint density at radius 2 is 1.82 bits per heavy atom. The van der Waals surface area contributed by atoms with E-state index in [9.17, 15) is 8.78 Å². The van der Waals surface area contributed by atoms with Crippen molar-refractivity contribution in [2.45, 2.75) is 32.6 Å². The molecule has 0 aliphatic rings. The summed E-state index contributed by atoms with van der Waals surface area (Å²) in [6, 6.07) is 6.49. The number of hydrogen-bond donors (Lipinski definition) is 2. The maximum Gasteiger partial charge on any atom is 0.387 e. The predicted octanol–water partition coefficient (Wildman–Crippen LogP) is 2.32. The Kier molecular flexibility index (Phi) is 5.31. The molecular weight excluding hydrogens is 228 g/mol. The van der Waals surface area contributed by atoms with Gasteiger partial charge in [-0.1, -0.05) is 12.1 Å². The highest BCUT2D eigenvalue weighted by atomic mass is 19.3. The maximum atomic E-state index is 11.9. The first kappa shape index (κ1) is 13.9. The van der Waals surface area contributed by atoms with E-state index < -0.39 is 12.7 Å². The van der Waals surface area contributed by atoms with Crippen molar-refractivity contribution in [1.29, 1.82) is 0 Å². The van der Waals surface area contributed by atoms with Gasteiger partial charge in [0.05, 0.1) is 6.10 Å². The first-order chi connectivity index (χ1) is 7.99. The van der Waals surface area contributed by atoms with Crippen LogP contribution in [0.5, 0.6) is 5.75 Å². The van der Waals surface area contributed by atoms with Gasteiger partial charge in [0.2, 0.25) is 0 Å². The first-order valence-electron chi connectivity index (χ1n) is 5.45. The van der Waals surface area contributed by atoms with Crippen LogP contribution in [0.25, 0.3) is 0 Å². The van der Waals surface area contributed by atoms with Crippen LogP contribution in [-0.4, -0.2) is 24.4 Å². The quantitative estimate of drug-likeness (QED) is 0.808. The van der Waals surface area contributed by atoms with Gasteiger partial charge in [0.15, 0.2) is 0 Å². The SMILES string of the molecule is CC(O)CNC(C)c1ccc(OC(F)F)cc1. The third kappa shape index (κ3) is 5.10. The van der Waals surface area contributed by atoms with Gasteiger partial charge in [-0.25, -0.2) is 0 Å². The Morgan fingerprint density at radius 3 is 2.29 bits per heavy atom.